The SMILES string of the molecule is Cn1cc(NC(=O)c2cc(NC(=O)c3ccc(C=Cc4ccc5nonc5c4)cc3)cn2C)cc1C(=O)NCCC(N)=NCCc1ccccc1. The van der Waals surface area contributed by atoms with Gasteiger partial charge in [-0.1, -0.05) is 60.7 Å². The number of aliphatic imine (C=N–C) groups is 1. The number of carbonyl (C=O) groups excluding carboxylic acids is 3. The minimum absolute atomic E-state index is 0.300. The minimum Gasteiger partial charge on any atom is -0.387 e. The van der Waals surface area contributed by atoms with E-state index in [2.05, 4.69) is 31.3 Å². The largest absolute Gasteiger partial charge is 0.387 e. The molecule has 258 valence electrons. The first kappa shape index (κ1) is 34.1. The standard InChI is InChI=1S/C38H37N9O4/c1-46-24-30(21-33(46)37(49)41-19-17-35(39)40-18-16-25-6-4-3-5-7-25)43-38(50)34-22-29(23-47(34)2)42-36(48)28-13-10-26(11-14-28)8-9-27-12-15-31-32(20-27)45-51-44-31/h3-15,20-24H,16-19H2,1-2H3,(H2,39,40)(H,41,49)(H,42,48)(H,43,50). The third-order valence-electron chi connectivity index (χ3n) is 8.13. The van der Waals surface area contributed by atoms with Crippen LogP contribution < -0.4 is 21.7 Å². The molecule has 5 N–H and O–H groups in total. The van der Waals surface area contributed by atoms with Crippen LogP contribution in [0.4, 0.5) is 11.4 Å². The third kappa shape index (κ3) is 8.83. The van der Waals surface area contributed by atoms with Crippen LogP contribution in [-0.2, 0) is 20.5 Å². The number of amides is 3. The Morgan fingerprint density at radius 2 is 1.39 bits per heavy atom. The highest BCUT2D eigenvalue weighted by Crippen LogP contribution is 2.19. The summed E-state index contributed by atoms with van der Waals surface area (Å²) in [7, 11) is 3.43. The summed E-state index contributed by atoms with van der Waals surface area (Å²) in [5.41, 5.74) is 12.5. The highest BCUT2D eigenvalue weighted by molar-refractivity contribution is 6.07. The van der Waals surface area contributed by atoms with Gasteiger partial charge in [-0.15, -0.1) is 0 Å². The number of benzene rings is 3. The van der Waals surface area contributed by atoms with Gasteiger partial charge in [-0.25, -0.2) is 4.63 Å². The van der Waals surface area contributed by atoms with Crippen LogP contribution in [0, 0.1) is 0 Å². The van der Waals surface area contributed by atoms with Crippen LogP contribution in [0.15, 0.2) is 107 Å². The summed E-state index contributed by atoms with van der Waals surface area (Å²) in [4.78, 5) is 43.4. The van der Waals surface area contributed by atoms with Crippen LogP contribution in [0.2, 0.25) is 0 Å². The van der Waals surface area contributed by atoms with Crippen LogP contribution in [0.5, 0.6) is 0 Å². The molecule has 6 aromatic rings. The Balaban J connectivity index is 0.984. The van der Waals surface area contributed by atoms with E-state index in [1.54, 1.807) is 59.9 Å². The minimum atomic E-state index is -0.398. The van der Waals surface area contributed by atoms with Gasteiger partial charge >= 0.3 is 0 Å². The molecule has 0 unspecified atom stereocenters. The van der Waals surface area contributed by atoms with Crippen LogP contribution >= 0.6 is 0 Å². The van der Waals surface area contributed by atoms with E-state index in [1.165, 1.54) is 5.56 Å². The molecule has 13 nitrogen and oxygen atoms in total. The van der Waals surface area contributed by atoms with Gasteiger partial charge in [0.25, 0.3) is 17.7 Å². The third-order valence-corrected chi connectivity index (χ3v) is 8.13. The number of nitrogens with zero attached hydrogens (tertiary/aromatic N) is 5. The van der Waals surface area contributed by atoms with Crippen molar-refractivity contribution in [1.82, 2.24) is 24.8 Å². The van der Waals surface area contributed by atoms with Crippen molar-refractivity contribution in [3.63, 3.8) is 0 Å². The number of aryl methyl sites for hydroxylation is 2. The predicted molar refractivity (Wildman–Crippen MR) is 197 cm³/mol. The first-order valence-electron chi connectivity index (χ1n) is 16.3. The van der Waals surface area contributed by atoms with Crippen molar-refractivity contribution < 1.29 is 19.0 Å². The Labute approximate surface area is 293 Å². The zero-order chi connectivity index (χ0) is 35.7. The van der Waals surface area contributed by atoms with E-state index in [4.69, 9.17) is 10.4 Å². The molecule has 0 radical (unpaired) electrons. The Hall–Kier alpha value is -6.76. The van der Waals surface area contributed by atoms with E-state index < -0.39 is 5.91 Å². The van der Waals surface area contributed by atoms with Gasteiger partial charge in [-0.2, -0.15) is 0 Å². The number of hydrogen-bond acceptors (Lipinski definition) is 7. The lowest BCUT2D eigenvalue weighted by Gasteiger charge is -2.06. The molecule has 6 rings (SSSR count). The fourth-order valence-electron chi connectivity index (χ4n) is 5.40. The second-order valence-electron chi connectivity index (χ2n) is 11.9. The van der Waals surface area contributed by atoms with Crippen molar-refractivity contribution in [3.8, 4) is 0 Å². The maximum atomic E-state index is 13.2. The molecule has 0 aliphatic carbocycles. The molecule has 13 heteroatoms. The fourth-order valence-corrected chi connectivity index (χ4v) is 5.40. The number of amidine groups is 1. The maximum Gasteiger partial charge on any atom is 0.272 e. The predicted octanol–water partition coefficient (Wildman–Crippen LogP) is 5.29. The summed E-state index contributed by atoms with van der Waals surface area (Å²) in [5.74, 6) is -0.537. The van der Waals surface area contributed by atoms with E-state index >= 15 is 0 Å². The number of nitrogens with one attached hydrogen (secondary N) is 3. The smallest absolute Gasteiger partial charge is 0.272 e. The maximum absolute atomic E-state index is 13.2. The van der Waals surface area contributed by atoms with E-state index in [0.717, 1.165) is 17.5 Å². The van der Waals surface area contributed by atoms with Gasteiger partial charge in [-0.05, 0) is 69.8 Å². The van der Waals surface area contributed by atoms with E-state index in [1.807, 2.05) is 72.8 Å². The molecule has 3 aromatic carbocycles. The van der Waals surface area contributed by atoms with Crippen LogP contribution in [0.25, 0.3) is 23.2 Å². The Kier molecular flexibility index (Phi) is 10.5. The molecule has 0 aliphatic rings. The molecular weight excluding hydrogens is 646 g/mol. The Bertz CT molecular complexity index is 2230. The highest BCUT2D eigenvalue weighted by Gasteiger charge is 2.17. The monoisotopic (exact) mass is 683 g/mol. The van der Waals surface area contributed by atoms with Crippen molar-refractivity contribution in [2.75, 3.05) is 23.7 Å². The average molecular weight is 684 g/mol. The Morgan fingerprint density at radius 3 is 2.12 bits per heavy atom. The molecule has 3 heterocycles. The summed E-state index contributed by atoms with van der Waals surface area (Å²) >= 11 is 0. The van der Waals surface area contributed by atoms with Crippen molar-refractivity contribution in [3.05, 3.63) is 131 Å². The topological polar surface area (TPSA) is 174 Å². The summed E-state index contributed by atoms with van der Waals surface area (Å²) in [6, 6.07) is 26.0. The van der Waals surface area contributed by atoms with E-state index in [-0.39, 0.29) is 11.8 Å². The molecule has 0 saturated heterocycles. The number of carbonyl (C=O) groups is 3. The Morgan fingerprint density at radius 1 is 0.765 bits per heavy atom. The number of anilines is 2. The molecule has 0 spiro atoms. The van der Waals surface area contributed by atoms with Crippen LogP contribution in [-0.4, -0.2) is 56.1 Å². The lowest BCUT2D eigenvalue weighted by molar-refractivity contribution is 0.0945. The van der Waals surface area contributed by atoms with Gasteiger partial charge in [0.2, 0.25) is 0 Å². The van der Waals surface area contributed by atoms with Gasteiger partial charge in [0.15, 0.2) is 0 Å². The second-order valence-corrected chi connectivity index (χ2v) is 11.9. The highest BCUT2D eigenvalue weighted by atomic mass is 16.6. The van der Waals surface area contributed by atoms with Crippen molar-refractivity contribution in [2.24, 2.45) is 24.8 Å². The molecule has 3 aromatic heterocycles. The number of fused-ring (bicyclic) bond motifs is 1. The average Bonchev–Trinajstić information content (AvgIpc) is 3.85. The van der Waals surface area contributed by atoms with Gasteiger partial charge in [0.05, 0.1) is 17.2 Å². The quantitative estimate of drug-likeness (QED) is 0.0726. The number of nitrogens with two attached hydrogens (primary N) is 1. The number of rotatable bonds is 13. The molecule has 0 bridgehead atoms. The van der Waals surface area contributed by atoms with Gasteiger partial charge in [-0.3, -0.25) is 19.4 Å². The second kappa shape index (κ2) is 15.6. The van der Waals surface area contributed by atoms with Crippen molar-refractivity contribution >= 4 is 58.1 Å². The summed E-state index contributed by atoms with van der Waals surface area (Å²) in [6.45, 7) is 0.905. The molecular formula is C38H37N9O4. The molecule has 51 heavy (non-hydrogen) atoms. The number of hydrogen-bond donors (Lipinski definition) is 4. The van der Waals surface area contributed by atoms with E-state index in [9.17, 15) is 14.4 Å². The van der Waals surface area contributed by atoms with Crippen LogP contribution in [0.1, 0.15) is 54.4 Å². The molecule has 0 atom stereocenters. The molecule has 3 amide bonds. The molecule has 0 fully saturated rings. The van der Waals surface area contributed by atoms with Gasteiger partial charge in [0, 0.05) is 51.6 Å². The van der Waals surface area contributed by atoms with Gasteiger partial charge in [0.1, 0.15) is 22.4 Å². The summed E-state index contributed by atoms with van der Waals surface area (Å²) < 4.78 is 8.00. The van der Waals surface area contributed by atoms with Crippen molar-refractivity contribution in [1.29, 1.82) is 0 Å². The fraction of sp³-hybridized carbons (Fsp3) is 0.158. The zero-order valence-corrected chi connectivity index (χ0v) is 28.2. The normalized spacial score (nSPS) is 11.6. The first-order chi connectivity index (χ1) is 24.7. The first-order valence-corrected chi connectivity index (χ1v) is 16.3. The van der Waals surface area contributed by atoms with Crippen molar-refractivity contribution in [2.45, 2.75) is 12.8 Å². The lowest BCUT2D eigenvalue weighted by Crippen LogP contribution is -2.29. The van der Waals surface area contributed by atoms with E-state index in [0.29, 0.717) is 64.7 Å². The summed E-state index contributed by atoms with van der Waals surface area (Å²) in [6.07, 6.45) is 8.40. The summed E-state index contributed by atoms with van der Waals surface area (Å²) in [5, 5.41) is 16.2. The molecule has 0 saturated carbocycles. The number of aromatic nitrogens is 4. The zero-order valence-electron chi connectivity index (χ0n) is 28.2. The van der Waals surface area contributed by atoms with Gasteiger partial charge < -0.3 is 30.8 Å². The lowest BCUT2D eigenvalue weighted by atomic mass is 10.1. The molecule has 0 aliphatic heterocycles. The van der Waals surface area contributed by atoms with Crippen LogP contribution in [0.3, 0.4) is 0 Å².